The molecule has 0 spiro atoms. The molecule has 1 unspecified atom stereocenters. The molecule has 2 aliphatic rings. The average Bonchev–Trinajstić information content (AvgIpc) is 3.45. The van der Waals surface area contributed by atoms with Gasteiger partial charge in [0.1, 0.15) is 11.5 Å². The molecular formula is C25H30N6O2. The fourth-order valence-corrected chi connectivity index (χ4v) is 4.57. The summed E-state index contributed by atoms with van der Waals surface area (Å²) in [5, 5.41) is 1.06. The molecule has 0 bridgehead atoms. The quantitative estimate of drug-likeness (QED) is 0.571. The van der Waals surface area contributed by atoms with E-state index in [9.17, 15) is 4.79 Å². The second kappa shape index (κ2) is 8.59. The Morgan fingerprint density at radius 3 is 2.79 bits per heavy atom. The van der Waals surface area contributed by atoms with E-state index in [0.29, 0.717) is 24.7 Å². The fourth-order valence-electron chi connectivity index (χ4n) is 4.57. The zero-order chi connectivity index (χ0) is 23.1. The van der Waals surface area contributed by atoms with Gasteiger partial charge in [-0.05, 0) is 38.8 Å². The largest absolute Gasteiger partial charge is 0.376 e. The van der Waals surface area contributed by atoms with Crippen molar-refractivity contribution in [1.82, 2.24) is 19.9 Å². The van der Waals surface area contributed by atoms with Crippen molar-refractivity contribution < 1.29 is 9.53 Å². The first-order valence-corrected chi connectivity index (χ1v) is 11.6. The first-order chi connectivity index (χ1) is 15.9. The van der Waals surface area contributed by atoms with Crippen molar-refractivity contribution in [3.8, 4) is 0 Å². The van der Waals surface area contributed by atoms with Crippen molar-refractivity contribution in [3.05, 3.63) is 47.8 Å². The number of ether oxygens (including phenoxy) is 1. The van der Waals surface area contributed by atoms with E-state index in [1.165, 1.54) is 0 Å². The monoisotopic (exact) mass is 446 g/mol. The number of rotatable bonds is 6. The standard InChI is InChI=1S/C25H30N6O2/c1-16(2)31-15-20-22(24(31)32)27-25(29(3)14-19-9-7-11-33-19)28-23(20)30(4)18-12-17-8-5-6-10-21(17)26-13-18/h5-6,8,10,12-13,16,19H,7,9,11,14-15H2,1-4H3. The topological polar surface area (TPSA) is 74.7 Å². The van der Waals surface area contributed by atoms with Crippen molar-refractivity contribution >= 4 is 34.3 Å². The predicted octanol–water partition coefficient (Wildman–Crippen LogP) is 3.77. The lowest BCUT2D eigenvalue weighted by Crippen LogP contribution is -2.32. The van der Waals surface area contributed by atoms with Crippen LogP contribution in [0.25, 0.3) is 10.9 Å². The van der Waals surface area contributed by atoms with E-state index < -0.39 is 0 Å². The molecule has 1 fully saturated rings. The van der Waals surface area contributed by atoms with E-state index >= 15 is 0 Å². The Morgan fingerprint density at radius 2 is 2.03 bits per heavy atom. The number of anilines is 3. The SMILES string of the molecule is CC(C)N1Cc2c(nc(N(C)CC3CCCO3)nc2N(C)c2cnc3ccccc3c2)C1=O. The van der Waals surface area contributed by atoms with E-state index in [4.69, 9.17) is 14.7 Å². The van der Waals surface area contributed by atoms with Gasteiger partial charge in [-0.25, -0.2) is 4.98 Å². The summed E-state index contributed by atoms with van der Waals surface area (Å²) in [5.74, 6) is 1.24. The van der Waals surface area contributed by atoms with Gasteiger partial charge in [-0.3, -0.25) is 9.78 Å². The molecule has 1 aromatic carbocycles. The second-order valence-electron chi connectivity index (χ2n) is 9.16. The zero-order valence-electron chi connectivity index (χ0n) is 19.7. The van der Waals surface area contributed by atoms with E-state index in [1.54, 1.807) is 0 Å². The van der Waals surface area contributed by atoms with Gasteiger partial charge in [0, 0.05) is 44.2 Å². The maximum atomic E-state index is 13.2. The van der Waals surface area contributed by atoms with Crippen LogP contribution in [0.4, 0.5) is 17.5 Å². The molecule has 1 atom stereocenters. The minimum Gasteiger partial charge on any atom is -0.376 e. The lowest BCUT2D eigenvalue weighted by molar-refractivity contribution is 0.0726. The van der Waals surface area contributed by atoms with Gasteiger partial charge in [-0.1, -0.05) is 18.2 Å². The molecule has 0 aliphatic carbocycles. The smallest absolute Gasteiger partial charge is 0.273 e. The van der Waals surface area contributed by atoms with Crippen molar-refractivity contribution in [2.75, 3.05) is 37.0 Å². The Hall–Kier alpha value is -3.26. The van der Waals surface area contributed by atoms with Gasteiger partial charge in [-0.2, -0.15) is 4.98 Å². The number of carbonyl (C=O) groups is 1. The maximum Gasteiger partial charge on any atom is 0.273 e. The Bertz CT molecular complexity index is 1190. The predicted molar refractivity (Wildman–Crippen MR) is 129 cm³/mol. The third-order valence-corrected chi connectivity index (χ3v) is 6.51. The number of nitrogens with zero attached hydrogens (tertiary/aromatic N) is 6. The van der Waals surface area contributed by atoms with Gasteiger partial charge >= 0.3 is 0 Å². The number of fused-ring (bicyclic) bond motifs is 2. The normalized spacial score (nSPS) is 17.8. The molecule has 0 radical (unpaired) electrons. The van der Waals surface area contributed by atoms with Crippen molar-refractivity contribution in [2.24, 2.45) is 0 Å². The number of carbonyl (C=O) groups excluding carboxylic acids is 1. The van der Waals surface area contributed by atoms with Crippen LogP contribution in [0.5, 0.6) is 0 Å². The molecular weight excluding hydrogens is 416 g/mol. The summed E-state index contributed by atoms with van der Waals surface area (Å²) in [6.07, 6.45) is 4.13. The molecule has 8 heteroatoms. The van der Waals surface area contributed by atoms with E-state index in [1.807, 2.05) is 67.0 Å². The minimum atomic E-state index is -0.0412. The van der Waals surface area contributed by atoms with Crippen LogP contribution in [0.15, 0.2) is 36.5 Å². The maximum absolute atomic E-state index is 13.2. The van der Waals surface area contributed by atoms with Crippen LogP contribution < -0.4 is 9.80 Å². The van der Waals surface area contributed by atoms with Crippen LogP contribution in [0, 0.1) is 0 Å². The second-order valence-corrected chi connectivity index (χ2v) is 9.16. The molecule has 1 saturated heterocycles. The van der Waals surface area contributed by atoms with E-state index in [-0.39, 0.29) is 18.1 Å². The number of aromatic nitrogens is 3. The van der Waals surface area contributed by atoms with Crippen LogP contribution in [-0.4, -0.2) is 65.2 Å². The molecule has 2 aromatic heterocycles. The highest BCUT2D eigenvalue weighted by Crippen LogP contribution is 2.35. The summed E-state index contributed by atoms with van der Waals surface area (Å²) in [5.41, 5.74) is 3.21. The molecule has 33 heavy (non-hydrogen) atoms. The molecule has 172 valence electrons. The number of benzene rings is 1. The molecule has 5 rings (SSSR count). The number of para-hydroxylation sites is 1. The molecule has 0 saturated carbocycles. The Labute approximate surface area is 194 Å². The van der Waals surface area contributed by atoms with E-state index in [2.05, 4.69) is 17.1 Å². The molecule has 0 N–H and O–H groups in total. The third-order valence-electron chi connectivity index (χ3n) is 6.51. The van der Waals surface area contributed by atoms with Crippen molar-refractivity contribution in [2.45, 2.75) is 45.4 Å². The van der Waals surface area contributed by atoms with Gasteiger partial charge in [-0.15, -0.1) is 0 Å². The van der Waals surface area contributed by atoms with Crippen LogP contribution in [-0.2, 0) is 11.3 Å². The van der Waals surface area contributed by atoms with Crippen LogP contribution in [0.2, 0.25) is 0 Å². The van der Waals surface area contributed by atoms with Crippen LogP contribution in [0.1, 0.15) is 42.7 Å². The summed E-state index contributed by atoms with van der Waals surface area (Å²) in [4.78, 5) is 33.4. The third kappa shape index (κ3) is 3.99. The first-order valence-electron chi connectivity index (χ1n) is 11.6. The minimum absolute atomic E-state index is 0.0412. The lowest BCUT2D eigenvalue weighted by Gasteiger charge is -2.25. The van der Waals surface area contributed by atoms with E-state index in [0.717, 1.165) is 47.4 Å². The Morgan fingerprint density at radius 1 is 1.21 bits per heavy atom. The average molecular weight is 447 g/mol. The van der Waals surface area contributed by atoms with Gasteiger partial charge in [0.2, 0.25) is 5.95 Å². The summed E-state index contributed by atoms with van der Waals surface area (Å²) in [6.45, 7) is 6.05. The summed E-state index contributed by atoms with van der Waals surface area (Å²) in [6, 6.07) is 10.2. The van der Waals surface area contributed by atoms with Gasteiger partial charge in [0.15, 0.2) is 0 Å². The Kier molecular flexibility index (Phi) is 5.62. The number of hydrogen-bond donors (Lipinski definition) is 0. The van der Waals surface area contributed by atoms with Gasteiger partial charge < -0.3 is 19.4 Å². The summed E-state index contributed by atoms with van der Waals surface area (Å²) >= 11 is 0. The summed E-state index contributed by atoms with van der Waals surface area (Å²) in [7, 11) is 3.94. The Balaban J connectivity index is 1.56. The highest BCUT2D eigenvalue weighted by atomic mass is 16.5. The van der Waals surface area contributed by atoms with Crippen LogP contribution in [0.3, 0.4) is 0 Å². The number of hydrogen-bond acceptors (Lipinski definition) is 7. The zero-order valence-corrected chi connectivity index (χ0v) is 19.7. The molecule has 2 aliphatic heterocycles. The van der Waals surface area contributed by atoms with Crippen molar-refractivity contribution in [1.29, 1.82) is 0 Å². The van der Waals surface area contributed by atoms with Crippen LogP contribution >= 0.6 is 0 Å². The highest BCUT2D eigenvalue weighted by molar-refractivity contribution is 5.99. The fraction of sp³-hybridized carbons (Fsp3) is 0.440. The molecule has 4 heterocycles. The summed E-state index contributed by atoms with van der Waals surface area (Å²) < 4.78 is 5.80. The molecule has 3 aromatic rings. The number of pyridine rings is 1. The number of likely N-dealkylation sites (N-methyl/N-ethyl adjacent to an activating group) is 1. The van der Waals surface area contributed by atoms with Gasteiger partial charge in [0.25, 0.3) is 5.91 Å². The molecule has 8 nitrogen and oxygen atoms in total. The molecule has 1 amide bonds. The lowest BCUT2D eigenvalue weighted by atomic mass is 10.2. The van der Waals surface area contributed by atoms with Gasteiger partial charge in [0.05, 0.1) is 30.0 Å². The van der Waals surface area contributed by atoms with Crippen molar-refractivity contribution in [3.63, 3.8) is 0 Å². The first kappa shape index (κ1) is 21.6. The highest BCUT2D eigenvalue weighted by Gasteiger charge is 2.36. The number of amides is 1.